The van der Waals surface area contributed by atoms with E-state index in [9.17, 15) is 19.7 Å². The summed E-state index contributed by atoms with van der Waals surface area (Å²) in [6, 6.07) is 7.51. The molecule has 1 N–H and O–H groups in total. The first-order valence-electron chi connectivity index (χ1n) is 8.70. The second kappa shape index (κ2) is 9.09. The van der Waals surface area contributed by atoms with Gasteiger partial charge in [-0.05, 0) is 24.6 Å². The van der Waals surface area contributed by atoms with Gasteiger partial charge in [-0.25, -0.2) is 0 Å². The fourth-order valence-corrected chi connectivity index (χ4v) is 4.07. The van der Waals surface area contributed by atoms with Gasteiger partial charge in [0.05, 0.1) is 28.6 Å². The number of amides is 1. The highest BCUT2D eigenvalue weighted by Gasteiger charge is 2.32. The quantitative estimate of drug-likeness (QED) is 0.277. The van der Waals surface area contributed by atoms with Crippen molar-refractivity contribution in [2.24, 2.45) is 0 Å². The molecule has 0 radical (unpaired) electrons. The predicted molar refractivity (Wildman–Crippen MR) is 114 cm³/mol. The number of nitro benzene ring substituents is 1. The molecule has 0 atom stereocenters. The molecule has 11 heteroatoms. The molecule has 30 heavy (non-hydrogen) atoms. The SMILES string of the molecule is COc1cc([N+](=O)[O-])ccc1-c1ccc(/C=C2/SC(=S)N(CCCC(=O)O)C2=O)o1. The van der Waals surface area contributed by atoms with Crippen molar-refractivity contribution in [3.63, 3.8) is 0 Å². The standard InChI is InChI=1S/C19H16N2O7S2/c1-27-15-9-11(21(25)26)4-6-13(15)14-7-5-12(28-14)10-16-18(24)20(19(29)30-16)8-2-3-17(22)23/h4-7,9-10H,2-3,8H2,1H3,(H,22,23)/b16-10+. The Labute approximate surface area is 180 Å². The molecule has 0 unspecified atom stereocenters. The number of methoxy groups -OCH3 is 1. The van der Waals surface area contributed by atoms with Crippen LogP contribution in [0.15, 0.2) is 39.7 Å². The third kappa shape index (κ3) is 4.69. The van der Waals surface area contributed by atoms with Crippen LogP contribution in [0.2, 0.25) is 0 Å². The zero-order chi connectivity index (χ0) is 21.8. The minimum absolute atomic E-state index is 0.0469. The van der Waals surface area contributed by atoms with Crippen LogP contribution in [0.25, 0.3) is 17.4 Å². The van der Waals surface area contributed by atoms with Crippen molar-refractivity contribution in [1.29, 1.82) is 0 Å². The lowest BCUT2D eigenvalue weighted by atomic mass is 10.1. The zero-order valence-corrected chi connectivity index (χ0v) is 17.3. The van der Waals surface area contributed by atoms with Crippen LogP contribution in [0.5, 0.6) is 5.75 Å². The van der Waals surface area contributed by atoms with Crippen molar-refractivity contribution in [3.8, 4) is 17.1 Å². The Morgan fingerprint density at radius 2 is 2.17 bits per heavy atom. The van der Waals surface area contributed by atoms with Crippen LogP contribution in [0, 0.1) is 10.1 Å². The lowest BCUT2D eigenvalue weighted by Crippen LogP contribution is -2.29. The fraction of sp³-hybridized carbons (Fsp3) is 0.211. The van der Waals surface area contributed by atoms with E-state index >= 15 is 0 Å². The van der Waals surface area contributed by atoms with E-state index in [1.165, 1.54) is 30.2 Å². The van der Waals surface area contributed by atoms with Crippen molar-refractivity contribution in [3.05, 3.63) is 51.1 Å². The number of non-ortho nitro benzene ring substituents is 1. The molecule has 2 aromatic rings. The molecule has 0 saturated carbocycles. The summed E-state index contributed by atoms with van der Waals surface area (Å²) < 4.78 is 11.4. The van der Waals surface area contributed by atoms with Crippen molar-refractivity contribution in [2.45, 2.75) is 12.8 Å². The number of furan rings is 1. The minimum Gasteiger partial charge on any atom is -0.496 e. The van der Waals surface area contributed by atoms with Crippen molar-refractivity contribution < 1.29 is 28.8 Å². The van der Waals surface area contributed by atoms with E-state index in [1.54, 1.807) is 18.2 Å². The number of benzene rings is 1. The van der Waals surface area contributed by atoms with Crippen LogP contribution in [0.3, 0.4) is 0 Å². The molecular formula is C19H16N2O7S2. The molecule has 1 aromatic heterocycles. The highest BCUT2D eigenvalue weighted by atomic mass is 32.2. The van der Waals surface area contributed by atoms with Crippen LogP contribution >= 0.6 is 24.0 Å². The summed E-state index contributed by atoms with van der Waals surface area (Å²) in [5, 5.41) is 19.7. The van der Waals surface area contributed by atoms with Gasteiger partial charge in [0.1, 0.15) is 21.6 Å². The molecule has 1 fully saturated rings. The summed E-state index contributed by atoms with van der Waals surface area (Å²) >= 11 is 6.33. The average Bonchev–Trinajstić information content (AvgIpc) is 3.27. The monoisotopic (exact) mass is 448 g/mol. The molecular weight excluding hydrogens is 432 g/mol. The van der Waals surface area contributed by atoms with E-state index in [4.69, 9.17) is 26.5 Å². The Balaban J connectivity index is 1.79. The van der Waals surface area contributed by atoms with Gasteiger partial charge in [0.15, 0.2) is 0 Å². The number of carbonyl (C=O) groups is 2. The first-order valence-corrected chi connectivity index (χ1v) is 9.92. The molecule has 0 bridgehead atoms. The van der Waals surface area contributed by atoms with Crippen molar-refractivity contribution >= 4 is 51.9 Å². The topological polar surface area (TPSA) is 123 Å². The van der Waals surface area contributed by atoms with Crippen LogP contribution in [0.1, 0.15) is 18.6 Å². The number of thioether (sulfide) groups is 1. The van der Waals surface area contributed by atoms with E-state index in [0.717, 1.165) is 11.8 Å². The molecule has 1 aromatic carbocycles. The maximum absolute atomic E-state index is 12.6. The van der Waals surface area contributed by atoms with Crippen LogP contribution < -0.4 is 4.74 Å². The van der Waals surface area contributed by atoms with Crippen molar-refractivity contribution in [1.82, 2.24) is 4.90 Å². The highest BCUT2D eigenvalue weighted by molar-refractivity contribution is 8.26. The van der Waals surface area contributed by atoms with Gasteiger partial charge in [-0.1, -0.05) is 24.0 Å². The first-order chi connectivity index (χ1) is 14.3. The molecule has 1 aliphatic rings. The van der Waals surface area contributed by atoms with Crippen LogP contribution in [-0.4, -0.2) is 44.8 Å². The largest absolute Gasteiger partial charge is 0.496 e. The normalized spacial score (nSPS) is 15.1. The van der Waals surface area contributed by atoms with Gasteiger partial charge in [0, 0.05) is 25.1 Å². The Hall–Kier alpha value is -3.18. The molecule has 1 amide bonds. The van der Waals surface area contributed by atoms with Crippen LogP contribution in [-0.2, 0) is 9.59 Å². The van der Waals surface area contributed by atoms with E-state index in [1.807, 2.05) is 0 Å². The van der Waals surface area contributed by atoms with Gasteiger partial charge in [-0.3, -0.25) is 24.6 Å². The fourth-order valence-electron chi connectivity index (χ4n) is 2.78. The van der Waals surface area contributed by atoms with E-state index in [2.05, 4.69) is 0 Å². The molecule has 3 rings (SSSR count). The second-order valence-corrected chi connectivity index (χ2v) is 7.85. The number of rotatable bonds is 8. The number of carbonyl (C=O) groups excluding carboxylic acids is 1. The number of thiocarbonyl (C=S) groups is 1. The zero-order valence-electron chi connectivity index (χ0n) is 15.7. The lowest BCUT2D eigenvalue weighted by molar-refractivity contribution is -0.384. The van der Waals surface area contributed by atoms with Crippen molar-refractivity contribution in [2.75, 3.05) is 13.7 Å². The Morgan fingerprint density at radius 1 is 1.40 bits per heavy atom. The number of ether oxygens (including phenoxy) is 1. The number of nitrogens with zero attached hydrogens (tertiary/aromatic N) is 2. The Bertz CT molecular complexity index is 1060. The smallest absolute Gasteiger partial charge is 0.303 e. The van der Waals surface area contributed by atoms with Gasteiger partial charge in [0.25, 0.3) is 11.6 Å². The number of hydrogen-bond acceptors (Lipinski definition) is 8. The molecule has 9 nitrogen and oxygen atoms in total. The summed E-state index contributed by atoms with van der Waals surface area (Å²) in [4.78, 5) is 35.4. The van der Waals surface area contributed by atoms with Gasteiger partial charge in [0.2, 0.25) is 0 Å². The molecule has 2 heterocycles. The van der Waals surface area contributed by atoms with Gasteiger partial charge in [-0.2, -0.15) is 0 Å². The molecule has 1 saturated heterocycles. The summed E-state index contributed by atoms with van der Waals surface area (Å²) in [7, 11) is 1.40. The molecule has 0 spiro atoms. The van der Waals surface area contributed by atoms with Crippen LogP contribution in [0.4, 0.5) is 5.69 Å². The van der Waals surface area contributed by atoms with Gasteiger partial charge in [-0.15, -0.1) is 0 Å². The summed E-state index contributed by atoms with van der Waals surface area (Å²) in [5.41, 5.74) is 0.429. The van der Waals surface area contributed by atoms with E-state index in [0.29, 0.717) is 32.7 Å². The highest BCUT2D eigenvalue weighted by Crippen LogP contribution is 2.36. The second-order valence-electron chi connectivity index (χ2n) is 6.17. The maximum atomic E-state index is 12.6. The van der Waals surface area contributed by atoms with E-state index in [-0.39, 0.29) is 30.3 Å². The Kier molecular flexibility index (Phi) is 6.53. The summed E-state index contributed by atoms with van der Waals surface area (Å²) in [6.45, 7) is 0.234. The third-order valence-corrected chi connectivity index (χ3v) is 5.59. The first kappa shape index (κ1) is 21.5. The number of carboxylic acids is 1. The van der Waals surface area contributed by atoms with Gasteiger partial charge < -0.3 is 14.3 Å². The summed E-state index contributed by atoms with van der Waals surface area (Å²) in [6.07, 6.45) is 1.81. The maximum Gasteiger partial charge on any atom is 0.303 e. The predicted octanol–water partition coefficient (Wildman–Crippen LogP) is 3.93. The third-order valence-electron chi connectivity index (χ3n) is 4.21. The molecule has 156 valence electrons. The summed E-state index contributed by atoms with van der Waals surface area (Å²) in [5.74, 6) is -0.127. The number of aliphatic carboxylic acids is 1. The van der Waals surface area contributed by atoms with E-state index < -0.39 is 10.9 Å². The molecule has 0 aliphatic carbocycles. The number of hydrogen-bond donors (Lipinski definition) is 1. The minimum atomic E-state index is -0.930. The Morgan fingerprint density at radius 3 is 2.83 bits per heavy atom. The number of nitro groups is 1. The number of carboxylic acid groups (broad SMARTS) is 1. The molecule has 1 aliphatic heterocycles. The average molecular weight is 448 g/mol. The van der Waals surface area contributed by atoms with Gasteiger partial charge >= 0.3 is 5.97 Å². The lowest BCUT2D eigenvalue weighted by Gasteiger charge is -2.13.